The van der Waals surface area contributed by atoms with Gasteiger partial charge in [-0.15, -0.1) is 0 Å². The number of aromatic nitrogens is 3. The van der Waals surface area contributed by atoms with Gasteiger partial charge in [0, 0.05) is 30.9 Å². The van der Waals surface area contributed by atoms with Crippen LogP contribution in [0.4, 0.5) is 5.69 Å². The largest absolute Gasteiger partial charge is 0.372 e. The second kappa shape index (κ2) is 9.10. The zero-order valence-electron chi connectivity index (χ0n) is 16.8. The molecule has 1 aliphatic carbocycles. The molecule has 0 aliphatic heterocycles. The van der Waals surface area contributed by atoms with Gasteiger partial charge in [-0.05, 0) is 25.8 Å². The number of ketones is 1. The second-order valence-corrected chi connectivity index (χ2v) is 7.26. The lowest BCUT2D eigenvalue weighted by molar-refractivity contribution is -0.129. The van der Waals surface area contributed by atoms with Gasteiger partial charge in [-0.1, -0.05) is 0 Å². The summed E-state index contributed by atoms with van der Waals surface area (Å²) < 4.78 is 0. The number of hydrogen-bond donors (Lipinski definition) is 1. The molecule has 1 saturated carbocycles. The number of likely N-dealkylation sites (N-methyl/N-ethyl adjacent to an activating group) is 1. The Bertz CT molecular complexity index is 1030. The Labute approximate surface area is 174 Å². The number of carbonyl (C=O) groups excluding carboxylic acids is 2. The number of nitrogens with zero attached hydrogens (tertiary/aromatic N) is 6. The maximum absolute atomic E-state index is 12.3. The standard InChI is InChI=1S/C21H21N7O2/c1-13(21(30)28(2)6-5-22)27-17-7-15(10-25-18(17)9-23)19-12-24-16(11-26-19)8-20(29)14-3-4-14/h7,10-14,27H,3-4,6,8H2,1-2H3/t13-/m0/s1. The number of carbonyl (C=O) groups is 2. The van der Waals surface area contributed by atoms with Crippen LogP contribution in [0.3, 0.4) is 0 Å². The number of nitriles is 2. The third-order valence-electron chi connectivity index (χ3n) is 4.81. The molecule has 1 amide bonds. The second-order valence-electron chi connectivity index (χ2n) is 7.26. The molecular weight excluding hydrogens is 382 g/mol. The summed E-state index contributed by atoms with van der Waals surface area (Å²) >= 11 is 0. The Morgan fingerprint density at radius 3 is 2.60 bits per heavy atom. The lowest BCUT2D eigenvalue weighted by Crippen LogP contribution is -2.39. The van der Waals surface area contributed by atoms with Crippen LogP contribution in [0.2, 0.25) is 0 Å². The van der Waals surface area contributed by atoms with Gasteiger partial charge < -0.3 is 10.2 Å². The molecule has 0 bridgehead atoms. The highest BCUT2D eigenvalue weighted by Gasteiger charge is 2.29. The smallest absolute Gasteiger partial charge is 0.245 e. The fourth-order valence-corrected chi connectivity index (χ4v) is 2.94. The zero-order valence-corrected chi connectivity index (χ0v) is 16.8. The fourth-order valence-electron chi connectivity index (χ4n) is 2.94. The quantitative estimate of drug-likeness (QED) is 0.658. The number of nitrogens with one attached hydrogen (secondary N) is 1. The summed E-state index contributed by atoms with van der Waals surface area (Å²) in [6.07, 6.45) is 6.86. The Morgan fingerprint density at radius 1 is 1.23 bits per heavy atom. The van der Waals surface area contributed by atoms with E-state index in [1.807, 2.05) is 12.1 Å². The summed E-state index contributed by atoms with van der Waals surface area (Å²) in [6, 6.07) is 4.94. The molecule has 1 atom stereocenters. The Morgan fingerprint density at radius 2 is 2.00 bits per heavy atom. The minimum Gasteiger partial charge on any atom is -0.372 e. The molecule has 9 nitrogen and oxygen atoms in total. The van der Waals surface area contributed by atoms with Gasteiger partial charge >= 0.3 is 0 Å². The monoisotopic (exact) mass is 403 g/mol. The molecule has 2 aromatic rings. The molecule has 1 fully saturated rings. The van der Waals surface area contributed by atoms with Crippen LogP contribution < -0.4 is 5.32 Å². The van der Waals surface area contributed by atoms with Gasteiger partial charge in [0.25, 0.3) is 0 Å². The summed E-state index contributed by atoms with van der Waals surface area (Å²) in [7, 11) is 1.54. The van der Waals surface area contributed by atoms with Gasteiger partial charge in [0.15, 0.2) is 5.69 Å². The first kappa shape index (κ1) is 20.9. The molecule has 2 aromatic heterocycles. The van der Waals surface area contributed by atoms with Gasteiger partial charge in [0.2, 0.25) is 5.91 Å². The highest BCUT2D eigenvalue weighted by Crippen LogP contribution is 2.30. The van der Waals surface area contributed by atoms with Gasteiger partial charge in [-0.2, -0.15) is 10.5 Å². The molecule has 0 spiro atoms. The van der Waals surface area contributed by atoms with Crippen molar-refractivity contribution in [3.8, 4) is 23.4 Å². The molecule has 0 aromatic carbocycles. The van der Waals surface area contributed by atoms with Gasteiger partial charge in [0.1, 0.15) is 24.4 Å². The van der Waals surface area contributed by atoms with E-state index in [2.05, 4.69) is 20.3 Å². The normalized spacial score (nSPS) is 13.6. The molecule has 0 unspecified atom stereocenters. The van der Waals surface area contributed by atoms with Crippen LogP contribution in [0.15, 0.2) is 24.7 Å². The van der Waals surface area contributed by atoms with Crippen molar-refractivity contribution in [2.75, 3.05) is 18.9 Å². The lowest BCUT2D eigenvalue weighted by atomic mass is 10.1. The third-order valence-corrected chi connectivity index (χ3v) is 4.81. The van der Waals surface area contributed by atoms with E-state index in [0.717, 1.165) is 12.8 Å². The maximum Gasteiger partial charge on any atom is 0.245 e. The van der Waals surface area contributed by atoms with Crippen LogP contribution in [0.5, 0.6) is 0 Å². The molecule has 0 radical (unpaired) electrons. The van der Waals surface area contributed by atoms with Crippen molar-refractivity contribution in [2.24, 2.45) is 5.92 Å². The first-order chi connectivity index (χ1) is 14.4. The average molecular weight is 403 g/mol. The van der Waals surface area contributed by atoms with Gasteiger partial charge in [-0.3, -0.25) is 19.6 Å². The number of Topliss-reactive ketones (excluding diaryl/α,β-unsaturated/α-hetero) is 1. The molecule has 30 heavy (non-hydrogen) atoms. The van der Waals surface area contributed by atoms with E-state index in [-0.39, 0.29) is 36.3 Å². The van der Waals surface area contributed by atoms with E-state index in [9.17, 15) is 14.9 Å². The number of anilines is 1. The molecule has 1 N–H and O–H groups in total. The summed E-state index contributed by atoms with van der Waals surface area (Å²) in [4.78, 5) is 38.4. The lowest BCUT2D eigenvalue weighted by Gasteiger charge is -2.21. The van der Waals surface area contributed by atoms with Gasteiger partial charge in [0.05, 0.1) is 35.8 Å². The first-order valence-corrected chi connectivity index (χ1v) is 9.55. The van der Waals surface area contributed by atoms with Crippen molar-refractivity contribution in [1.29, 1.82) is 10.5 Å². The molecule has 152 valence electrons. The van der Waals surface area contributed by atoms with Crippen LogP contribution >= 0.6 is 0 Å². The molecule has 1 aliphatic rings. The van der Waals surface area contributed by atoms with Crippen LogP contribution in [-0.2, 0) is 16.0 Å². The van der Waals surface area contributed by atoms with Crippen molar-refractivity contribution >= 4 is 17.4 Å². The Balaban J connectivity index is 1.77. The first-order valence-electron chi connectivity index (χ1n) is 9.55. The maximum atomic E-state index is 12.3. The van der Waals surface area contributed by atoms with E-state index >= 15 is 0 Å². The Hall–Kier alpha value is -3.85. The van der Waals surface area contributed by atoms with E-state index in [0.29, 0.717) is 22.6 Å². The zero-order chi connectivity index (χ0) is 21.7. The highest BCUT2D eigenvalue weighted by atomic mass is 16.2. The van der Waals surface area contributed by atoms with E-state index in [1.54, 1.807) is 25.4 Å². The fraction of sp³-hybridized carbons (Fsp3) is 0.381. The van der Waals surface area contributed by atoms with Crippen molar-refractivity contribution in [1.82, 2.24) is 19.9 Å². The topological polar surface area (TPSA) is 136 Å². The number of hydrogen-bond acceptors (Lipinski definition) is 8. The van der Waals surface area contributed by atoms with E-state index < -0.39 is 6.04 Å². The Kier molecular flexibility index (Phi) is 6.33. The van der Waals surface area contributed by atoms with Crippen molar-refractivity contribution in [3.05, 3.63) is 36.0 Å². The highest BCUT2D eigenvalue weighted by molar-refractivity contribution is 5.85. The molecule has 9 heteroatoms. The van der Waals surface area contributed by atoms with E-state index in [1.165, 1.54) is 18.1 Å². The molecule has 0 saturated heterocycles. The van der Waals surface area contributed by atoms with Crippen LogP contribution in [0.25, 0.3) is 11.3 Å². The van der Waals surface area contributed by atoms with Crippen LogP contribution in [-0.4, -0.2) is 51.2 Å². The van der Waals surface area contributed by atoms with E-state index in [4.69, 9.17) is 5.26 Å². The predicted octanol–water partition coefficient (Wildman–Crippen LogP) is 1.71. The van der Waals surface area contributed by atoms with Gasteiger partial charge in [-0.25, -0.2) is 4.98 Å². The summed E-state index contributed by atoms with van der Waals surface area (Å²) in [6.45, 7) is 1.62. The predicted molar refractivity (Wildman–Crippen MR) is 108 cm³/mol. The van der Waals surface area contributed by atoms with Crippen molar-refractivity contribution in [3.63, 3.8) is 0 Å². The summed E-state index contributed by atoms with van der Waals surface area (Å²) in [5.41, 5.74) is 2.31. The number of rotatable bonds is 8. The number of pyridine rings is 1. The average Bonchev–Trinajstić information content (AvgIpc) is 3.59. The minimum absolute atomic E-state index is 0.0283. The summed E-state index contributed by atoms with van der Waals surface area (Å²) in [5, 5.41) is 21.1. The minimum atomic E-state index is -0.658. The third kappa shape index (κ3) is 4.95. The molecule has 2 heterocycles. The van der Waals surface area contributed by atoms with Crippen molar-refractivity contribution < 1.29 is 9.59 Å². The van der Waals surface area contributed by atoms with Crippen LogP contribution in [0, 0.1) is 28.6 Å². The molecular formula is C21H21N7O2. The van der Waals surface area contributed by atoms with Crippen LogP contribution in [0.1, 0.15) is 31.2 Å². The number of amides is 1. The summed E-state index contributed by atoms with van der Waals surface area (Å²) in [5.74, 6) is 0.0960. The van der Waals surface area contributed by atoms with Crippen molar-refractivity contribution in [2.45, 2.75) is 32.2 Å². The SMILES string of the molecule is C[C@H](Nc1cc(-c2cnc(CC(=O)C3CC3)cn2)cnc1C#N)C(=O)N(C)CC#N. The molecule has 3 rings (SSSR count).